The standard InChI is InChI=1S/C19H27NO3/c1-13-5-6-14(2)15(11-13)12-17-20(3)19(18(21)23-17)9-7-16(22-4)8-10-19/h5-6,11,16-17H,7-10,12H2,1-4H3. The lowest BCUT2D eigenvalue weighted by Crippen LogP contribution is -2.51. The molecule has 3 rings (SSSR count). The minimum absolute atomic E-state index is 0.0511. The molecule has 4 heteroatoms. The van der Waals surface area contributed by atoms with Crippen molar-refractivity contribution in [1.29, 1.82) is 0 Å². The SMILES string of the molecule is COC1CCC2(CC1)C(=O)OC(Cc1cc(C)ccc1C)N2C. The number of rotatable bonds is 3. The summed E-state index contributed by atoms with van der Waals surface area (Å²) >= 11 is 0. The Bertz CT molecular complexity index is 590. The number of methoxy groups -OCH3 is 1. The summed E-state index contributed by atoms with van der Waals surface area (Å²) in [6, 6.07) is 6.46. The smallest absolute Gasteiger partial charge is 0.328 e. The minimum atomic E-state index is -0.447. The molecular formula is C19H27NO3. The highest BCUT2D eigenvalue weighted by atomic mass is 16.6. The molecule has 1 aromatic rings. The van der Waals surface area contributed by atoms with Gasteiger partial charge in [-0.3, -0.25) is 4.90 Å². The number of aryl methyl sites for hydroxylation is 2. The zero-order valence-electron chi connectivity index (χ0n) is 14.6. The molecule has 0 aromatic heterocycles. The Morgan fingerprint density at radius 1 is 1.30 bits per heavy atom. The van der Waals surface area contributed by atoms with E-state index in [1.54, 1.807) is 7.11 Å². The van der Waals surface area contributed by atoms with Crippen LogP contribution in [0.3, 0.4) is 0 Å². The first-order chi connectivity index (χ1) is 11.0. The van der Waals surface area contributed by atoms with Crippen LogP contribution in [0, 0.1) is 13.8 Å². The molecule has 23 heavy (non-hydrogen) atoms. The van der Waals surface area contributed by atoms with Crippen LogP contribution in [-0.2, 0) is 20.7 Å². The average molecular weight is 317 g/mol. The summed E-state index contributed by atoms with van der Waals surface area (Å²) in [5, 5.41) is 0. The van der Waals surface area contributed by atoms with Gasteiger partial charge in [0.15, 0.2) is 6.23 Å². The third kappa shape index (κ3) is 2.90. The van der Waals surface area contributed by atoms with Crippen molar-refractivity contribution in [1.82, 2.24) is 4.90 Å². The van der Waals surface area contributed by atoms with Gasteiger partial charge >= 0.3 is 5.97 Å². The quantitative estimate of drug-likeness (QED) is 0.804. The summed E-state index contributed by atoms with van der Waals surface area (Å²) in [5.41, 5.74) is 3.31. The molecule has 0 bridgehead atoms. The highest BCUT2D eigenvalue weighted by molar-refractivity contribution is 5.83. The molecule has 0 amide bonds. The van der Waals surface area contributed by atoms with Crippen LogP contribution in [0.4, 0.5) is 0 Å². The number of ether oxygens (including phenoxy) is 2. The van der Waals surface area contributed by atoms with Crippen molar-refractivity contribution in [2.75, 3.05) is 14.2 Å². The van der Waals surface area contributed by atoms with Crippen molar-refractivity contribution >= 4 is 5.97 Å². The number of carbonyl (C=O) groups is 1. The van der Waals surface area contributed by atoms with Crippen molar-refractivity contribution in [2.45, 2.75) is 63.8 Å². The topological polar surface area (TPSA) is 38.8 Å². The number of hydrogen-bond donors (Lipinski definition) is 0. The second-order valence-corrected chi connectivity index (χ2v) is 7.07. The number of cyclic esters (lactones) is 1. The maximum atomic E-state index is 12.6. The Hall–Kier alpha value is -1.39. The van der Waals surface area contributed by atoms with E-state index in [-0.39, 0.29) is 18.3 Å². The first-order valence-corrected chi connectivity index (χ1v) is 8.49. The van der Waals surface area contributed by atoms with Gasteiger partial charge in [0.2, 0.25) is 0 Å². The van der Waals surface area contributed by atoms with E-state index >= 15 is 0 Å². The Balaban J connectivity index is 1.76. The first kappa shape index (κ1) is 16.5. The lowest BCUT2D eigenvalue weighted by molar-refractivity contribution is -0.146. The van der Waals surface area contributed by atoms with Crippen LogP contribution in [0.15, 0.2) is 18.2 Å². The molecule has 1 saturated heterocycles. The van der Waals surface area contributed by atoms with Gasteiger partial charge in [-0.1, -0.05) is 23.8 Å². The Labute approximate surface area is 138 Å². The van der Waals surface area contributed by atoms with E-state index < -0.39 is 5.54 Å². The fourth-order valence-electron chi connectivity index (χ4n) is 3.98. The molecule has 1 heterocycles. The molecule has 1 aromatic carbocycles. The molecule has 1 unspecified atom stereocenters. The number of benzene rings is 1. The van der Waals surface area contributed by atoms with Gasteiger partial charge in [-0.05, 0) is 57.7 Å². The minimum Gasteiger partial charge on any atom is -0.445 e. The van der Waals surface area contributed by atoms with Crippen LogP contribution in [0.5, 0.6) is 0 Å². The molecular weight excluding hydrogens is 290 g/mol. The summed E-state index contributed by atoms with van der Waals surface area (Å²) in [6.45, 7) is 4.21. The predicted molar refractivity (Wildman–Crippen MR) is 89.3 cm³/mol. The van der Waals surface area contributed by atoms with Gasteiger partial charge in [-0.2, -0.15) is 0 Å². The number of hydrogen-bond acceptors (Lipinski definition) is 4. The van der Waals surface area contributed by atoms with Crippen molar-refractivity contribution in [2.24, 2.45) is 0 Å². The normalized spacial score (nSPS) is 31.6. The maximum Gasteiger partial charge on any atom is 0.328 e. The summed E-state index contributed by atoms with van der Waals surface area (Å²) in [5.74, 6) is -0.0511. The summed E-state index contributed by atoms with van der Waals surface area (Å²) in [7, 11) is 3.79. The average Bonchev–Trinajstić information content (AvgIpc) is 2.77. The molecule has 1 aliphatic heterocycles. The second kappa shape index (κ2) is 6.25. The fourth-order valence-corrected chi connectivity index (χ4v) is 3.98. The molecule has 1 spiro atoms. The Morgan fingerprint density at radius 2 is 2.00 bits per heavy atom. The van der Waals surface area contributed by atoms with Crippen molar-refractivity contribution in [3.63, 3.8) is 0 Å². The lowest BCUT2D eigenvalue weighted by Gasteiger charge is -2.38. The van der Waals surface area contributed by atoms with E-state index in [1.807, 2.05) is 7.05 Å². The van der Waals surface area contributed by atoms with Gasteiger partial charge < -0.3 is 9.47 Å². The maximum absolute atomic E-state index is 12.6. The highest BCUT2D eigenvalue weighted by Crippen LogP contribution is 2.41. The molecule has 1 atom stereocenters. The number of carbonyl (C=O) groups excluding carboxylic acids is 1. The van der Waals surface area contributed by atoms with Crippen molar-refractivity contribution in [3.05, 3.63) is 34.9 Å². The van der Waals surface area contributed by atoms with E-state index in [0.29, 0.717) is 0 Å². The Kier molecular flexibility index (Phi) is 4.47. The molecule has 0 radical (unpaired) electrons. The third-order valence-electron chi connectivity index (χ3n) is 5.72. The Morgan fingerprint density at radius 3 is 2.65 bits per heavy atom. The fraction of sp³-hybridized carbons (Fsp3) is 0.632. The van der Waals surface area contributed by atoms with Crippen LogP contribution in [0.1, 0.15) is 42.4 Å². The zero-order chi connectivity index (χ0) is 16.6. The molecule has 2 aliphatic rings. The van der Waals surface area contributed by atoms with E-state index in [1.165, 1.54) is 16.7 Å². The molecule has 126 valence electrons. The predicted octanol–water partition coefficient (Wildman–Crippen LogP) is 2.99. The number of likely N-dealkylation sites (N-methyl/N-ethyl adjacent to an activating group) is 1. The van der Waals surface area contributed by atoms with Crippen LogP contribution in [-0.4, -0.2) is 42.9 Å². The van der Waals surface area contributed by atoms with Crippen LogP contribution in [0.25, 0.3) is 0 Å². The number of nitrogens with zero attached hydrogens (tertiary/aromatic N) is 1. The van der Waals surface area contributed by atoms with E-state index in [0.717, 1.165) is 32.1 Å². The number of esters is 1. The van der Waals surface area contributed by atoms with Gasteiger partial charge in [0, 0.05) is 13.5 Å². The van der Waals surface area contributed by atoms with Gasteiger partial charge in [-0.15, -0.1) is 0 Å². The van der Waals surface area contributed by atoms with Crippen LogP contribution in [0.2, 0.25) is 0 Å². The summed E-state index contributed by atoms with van der Waals surface area (Å²) in [4.78, 5) is 14.8. The third-order valence-corrected chi connectivity index (χ3v) is 5.72. The molecule has 1 aliphatic carbocycles. The van der Waals surface area contributed by atoms with E-state index in [4.69, 9.17) is 9.47 Å². The van der Waals surface area contributed by atoms with Gasteiger partial charge in [0.25, 0.3) is 0 Å². The van der Waals surface area contributed by atoms with Gasteiger partial charge in [-0.25, -0.2) is 4.79 Å². The molecule has 1 saturated carbocycles. The second-order valence-electron chi connectivity index (χ2n) is 7.07. The van der Waals surface area contributed by atoms with Crippen molar-refractivity contribution in [3.8, 4) is 0 Å². The van der Waals surface area contributed by atoms with Crippen LogP contribution < -0.4 is 0 Å². The van der Waals surface area contributed by atoms with Gasteiger partial charge in [0.05, 0.1) is 6.10 Å². The zero-order valence-corrected chi connectivity index (χ0v) is 14.6. The van der Waals surface area contributed by atoms with E-state index in [9.17, 15) is 4.79 Å². The van der Waals surface area contributed by atoms with E-state index in [2.05, 4.69) is 36.9 Å². The molecule has 0 N–H and O–H groups in total. The van der Waals surface area contributed by atoms with Crippen molar-refractivity contribution < 1.29 is 14.3 Å². The molecule has 2 fully saturated rings. The first-order valence-electron chi connectivity index (χ1n) is 8.49. The molecule has 4 nitrogen and oxygen atoms in total. The van der Waals surface area contributed by atoms with Gasteiger partial charge in [0.1, 0.15) is 5.54 Å². The highest BCUT2D eigenvalue weighted by Gasteiger charge is 2.54. The largest absolute Gasteiger partial charge is 0.445 e. The van der Waals surface area contributed by atoms with Crippen LogP contribution >= 0.6 is 0 Å². The summed E-state index contributed by atoms with van der Waals surface area (Å²) in [6.07, 6.45) is 4.36. The summed E-state index contributed by atoms with van der Waals surface area (Å²) < 4.78 is 11.2. The lowest BCUT2D eigenvalue weighted by atomic mass is 9.79. The monoisotopic (exact) mass is 317 g/mol.